The number of aromatic nitrogens is 1. The number of carbonyl (C=O) groups is 2. The average Bonchev–Trinajstić information content (AvgIpc) is 2.95. The lowest BCUT2D eigenvalue weighted by Crippen LogP contribution is -2.35. The largest absolute Gasteiger partial charge is 0.459 e. The normalized spacial score (nSPS) is 19.2. The van der Waals surface area contributed by atoms with E-state index in [-0.39, 0.29) is 23.9 Å². The minimum Gasteiger partial charge on any atom is -0.459 e. The van der Waals surface area contributed by atoms with E-state index in [4.69, 9.17) is 4.74 Å². The molecule has 1 aromatic heterocycles. The zero-order valence-corrected chi connectivity index (χ0v) is 24.4. The quantitative estimate of drug-likeness (QED) is 0.204. The van der Waals surface area contributed by atoms with Gasteiger partial charge in [0.2, 0.25) is 0 Å². The van der Waals surface area contributed by atoms with Gasteiger partial charge in [-0.3, -0.25) is 9.78 Å². The molecule has 1 aliphatic carbocycles. The summed E-state index contributed by atoms with van der Waals surface area (Å²) in [5.41, 5.74) is 3.98. The molecule has 2 aromatic carbocycles. The Labute approximate surface area is 239 Å². The number of pyridine rings is 1. The van der Waals surface area contributed by atoms with Crippen LogP contribution in [0.2, 0.25) is 0 Å². The third-order valence-electron chi connectivity index (χ3n) is 7.93. The average molecular weight is 539 g/mol. The van der Waals surface area contributed by atoms with E-state index in [1.54, 1.807) is 29.3 Å². The first kappa shape index (κ1) is 29.3. The Balaban J connectivity index is 1.70. The van der Waals surface area contributed by atoms with Crippen molar-refractivity contribution in [3.63, 3.8) is 0 Å². The van der Waals surface area contributed by atoms with E-state index in [0.717, 1.165) is 35.2 Å². The maximum Gasteiger partial charge on any atom is 0.331 e. The van der Waals surface area contributed by atoms with E-state index >= 15 is 0 Å². The topological polar surface area (TPSA) is 59.5 Å². The lowest BCUT2D eigenvalue weighted by Gasteiger charge is -2.36. The van der Waals surface area contributed by atoms with Gasteiger partial charge in [-0.05, 0) is 71.4 Å². The first-order valence-corrected chi connectivity index (χ1v) is 14.5. The van der Waals surface area contributed by atoms with Crippen LogP contribution in [0, 0.1) is 17.8 Å². The van der Waals surface area contributed by atoms with Crippen molar-refractivity contribution < 1.29 is 14.3 Å². The highest BCUT2D eigenvalue weighted by Crippen LogP contribution is 2.36. The Kier molecular flexibility index (Phi) is 9.92. The molecule has 3 aromatic rings. The van der Waals surface area contributed by atoms with Crippen LogP contribution in [0.3, 0.4) is 0 Å². The summed E-state index contributed by atoms with van der Waals surface area (Å²) in [6.07, 6.45) is 8.05. The number of ether oxygens (including phenoxy) is 1. The number of hydrogen-bond acceptors (Lipinski definition) is 4. The number of nitrogens with zero attached hydrogens (tertiary/aromatic N) is 2. The van der Waals surface area contributed by atoms with Crippen molar-refractivity contribution in [3.8, 4) is 0 Å². The molecule has 0 radical (unpaired) electrons. The van der Waals surface area contributed by atoms with Gasteiger partial charge >= 0.3 is 5.97 Å². The minimum atomic E-state index is -0.337. The number of rotatable bonds is 9. The standard InChI is InChI=1S/C35H42N2O3/c1-24(2)29-19-17-26(5)22-32(29)40-33(38)20-18-28-14-11-15-30(25(3)4)34(28)37(23-27-12-7-6-8-13-27)35(39)31-16-9-10-21-36-31/h6-16,18,20-21,24-26,29,32H,17,19,22-23H2,1-5H3/b20-18+/t26-,29-,32+/m0/s1. The fourth-order valence-corrected chi connectivity index (χ4v) is 5.73. The van der Waals surface area contributed by atoms with Crippen molar-refractivity contribution in [2.75, 3.05) is 4.90 Å². The summed E-state index contributed by atoms with van der Waals surface area (Å²) in [5.74, 6) is 1.02. The highest BCUT2D eigenvalue weighted by molar-refractivity contribution is 6.06. The highest BCUT2D eigenvalue weighted by Gasteiger charge is 2.33. The van der Waals surface area contributed by atoms with Crippen LogP contribution in [-0.2, 0) is 16.1 Å². The Morgan fingerprint density at radius 2 is 1.73 bits per heavy atom. The molecule has 0 saturated heterocycles. The summed E-state index contributed by atoms with van der Waals surface area (Å²) >= 11 is 0. The van der Waals surface area contributed by atoms with E-state index in [0.29, 0.717) is 30.0 Å². The summed E-state index contributed by atoms with van der Waals surface area (Å²) in [6.45, 7) is 11.3. The molecule has 1 aliphatic rings. The molecule has 5 nitrogen and oxygen atoms in total. The number of hydrogen-bond donors (Lipinski definition) is 0. The van der Waals surface area contributed by atoms with Crippen LogP contribution in [-0.4, -0.2) is 23.0 Å². The third kappa shape index (κ3) is 7.26. The van der Waals surface area contributed by atoms with Crippen LogP contribution >= 0.6 is 0 Å². The lowest BCUT2D eigenvalue weighted by atomic mass is 9.75. The van der Waals surface area contributed by atoms with E-state index in [1.807, 2.05) is 48.5 Å². The molecule has 4 rings (SSSR count). The van der Waals surface area contributed by atoms with Crippen molar-refractivity contribution in [1.29, 1.82) is 0 Å². The highest BCUT2D eigenvalue weighted by atomic mass is 16.5. The molecular formula is C35H42N2O3. The molecule has 3 atom stereocenters. The van der Waals surface area contributed by atoms with Gasteiger partial charge in [0.1, 0.15) is 11.8 Å². The smallest absolute Gasteiger partial charge is 0.331 e. The summed E-state index contributed by atoms with van der Waals surface area (Å²) in [5, 5.41) is 0. The molecule has 1 amide bonds. The molecule has 0 aliphatic heterocycles. The predicted octanol–water partition coefficient (Wildman–Crippen LogP) is 8.07. The maximum atomic E-state index is 14.0. The van der Waals surface area contributed by atoms with Crippen molar-refractivity contribution in [1.82, 2.24) is 4.98 Å². The summed E-state index contributed by atoms with van der Waals surface area (Å²) in [4.78, 5) is 33.2. The van der Waals surface area contributed by atoms with Gasteiger partial charge in [0, 0.05) is 12.3 Å². The monoisotopic (exact) mass is 538 g/mol. The fourth-order valence-electron chi connectivity index (χ4n) is 5.73. The third-order valence-corrected chi connectivity index (χ3v) is 7.93. The molecule has 210 valence electrons. The first-order valence-electron chi connectivity index (χ1n) is 14.5. The van der Waals surface area contributed by atoms with Gasteiger partial charge in [0.15, 0.2) is 0 Å². The van der Waals surface area contributed by atoms with Crippen molar-refractivity contribution >= 4 is 23.6 Å². The van der Waals surface area contributed by atoms with Crippen LogP contribution in [0.15, 0.2) is 79.0 Å². The molecule has 5 heteroatoms. The van der Waals surface area contributed by atoms with Gasteiger partial charge in [-0.25, -0.2) is 4.79 Å². The molecule has 0 bridgehead atoms. The molecule has 40 heavy (non-hydrogen) atoms. The molecule has 1 heterocycles. The Bertz CT molecular complexity index is 1300. The number of carbonyl (C=O) groups excluding carboxylic acids is 2. The van der Waals surface area contributed by atoms with Gasteiger partial charge in [0.05, 0.1) is 12.2 Å². The van der Waals surface area contributed by atoms with Gasteiger partial charge < -0.3 is 9.64 Å². The van der Waals surface area contributed by atoms with E-state index in [2.05, 4.69) is 45.7 Å². The summed E-state index contributed by atoms with van der Waals surface area (Å²) < 4.78 is 6.03. The number of amides is 1. The summed E-state index contributed by atoms with van der Waals surface area (Å²) in [6, 6.07) is 21.3. The molecule has 1 fully saturated rings. The number of para-hydroxylation sites is 1. The van der Waals surface area contributed by atoms with Gasteiger partial charge in [-0.1, -0.05) is 95.6 Å². The second-order valence-electron chi connectivity index (χ2n) is 11.7. The van der Waals surface area contributed by atoms with Crippen molar-refractivity contribution in [2.45, 2.75) is 72.4 Å². The molecule has 0 spiro atoms. The zero-order chi connectivity index (χ0) is 28.6. The van der Waals surface area contributed by atoms with Crippen LogP contribution < -0.4 is 4.90 Å². The van der Waals surface area contributed by atoms with Gasteiger partial charge in [-0.2, -0.15) is 0 Å². The van der Waals surface area contributed by atoms with Crippen LogP contribution in [0.25, 0.3) is 6.08 Å². The van der Waals surface area contributed by atoms with Gasteiger partial charge in [0.25, 0.3) is 5.91 Å². The first-order chi connectivity index (χ1) is 19.2. The maximum absolute atomic E-state index is 14.0. The van der Waals surface area contributed by atoms with Crippen molar-refractivity contribution in [2.24, 2.45) is 17.8 Å². The fraction of sp³-hybridized carbons (Fsp3) is 0.400. The predicted molar refractivity (Wildman–Crippen MR) is 162 cm³/mol. The van der Waals surface area contributed by atoms with Gasteiger partial charge in [-0.15, -0.1) is 0 Å². The molecular weight excluding hydrogens is 496 g/mol. The Morgan fingerprint density at radius 1 is 0.975 bits per heavy atom. The Hall–Kier alpha value is -3.73. The number of anilines is 1. The minimum absolute atomic E-state index is 0.0670. The number of benzene rings is 2. The molecule has 0 unspecified atom stereocenters. The second-order valence-corrected chi connectivity index (χ2v) is 11.7. The SMILES string of the molecule is CC(C)c1cccc(/C=C/C(=O)O[C@@H]2C[C@@H](C)CC[C@H]2C(C)C)c1N(Cc1ccccc1)C(=O)c1ccccn1. The van der Waals surface area contributed by atoms with E-state index in [9.17, 15) is 9.59 Å². The lowest BCUT2D eigenvalue weighted by molar-refractivity contribution is -0.149. The van der Waals surface area contributed by atoms with E-state index in [1.165, 1.54) is 12.5 Å². The molecule has 0 N–H and O–H groups in total. The van der Waals surface area contributed by atoms with Crippen LogP contribution in [0.5, 0.6) is 0 Å². The van der Waals surface area contributed by atoms with Crippen molar-refractivity contribution in [3.05, 3.63) is 101 Å². The zero-order valence-electron chi connectivity index (χ0n) is 24.4. The van der Waals surface area contributed by atoms with Crippen LogP contribution in [0.1, 0.15) is 87.0 Å². The molecule has 1 saturated carbocycles. The van der Waals surface area contributed by atoms with E-state index < -0.39 is 0 Å². The van der Waals surface area contributed by atoms with Crippen LogP contribution in [0.4, 0.5) is 5.69 Å². The Morgan fingerprint density at radius 3 is 2.40 bits per heavy atom. The summed E-state index contributed by atoms with van der Waals surface area (Å²) in [7, 11) is 0. The second kappa shape index (κ2) is 13.6. The number of esters is 1.